The van der Waals surface area contributed by atoms with Gasteiger partial charge in [0.25, 0.3) is 0 Å². The van der Waals surface area contributed by atoms with Crippen molar-refractivity contribution < 1.29 is 17.5 Å². The first kappa shape index (κ1) is 21.4. The third-order valence-corrected chi connectivity index (χ3v) is 2.09. The van der Waals surface area contributed by atoms with Crippen LogP contribution < -0.4 is 17.2 Å². The average molecular weight is 356 g/mol. The Bertz CT molecular complexity index is 683. The molecular weight excluding hydrogens is 336 g/mol. The third-order valence-electron chi connectivity index (χ3n) is 2.09. The van der Waals surface area contributed by atoms with E-state index in [1.54, 1.807) is 12.4 Å². The lowest BCUT2D eigenvalue weighted by Crippen LogP contribution is -2.22. The number of pyridine rings is 2. The highest BCUT2D eigenvalue weighted by atomic mass is 32.3. The van der Waals surface area contributed by atoms with Crippen LogP contribution in [-0.4, -0.2) is 33.5 Å². The van der Waals surface area contributed by atoms with Crippen molar-refractivity contribution in [1.82, 2.24) is 9.97 Å². The fourth-order valence-corrected chi connectivity index (χ4v) is 1.18. The zero-order chi connectivity index (χ0) is 18.4. The van der Waals surface area contributed by atoms with E-state index in [2.05, 4.69) is 15.0 Å². The van der Waals surface area contributed by atoms with Gasteiger partial charge in [0.05, 0.1) is 17.9 Å². The number of nitrogens with zero attached hydrogens (tertiary/aromatic N) is 3. The smallest absolute Gasteiger partial charge is 0.370 e. The summed E-state index contributed by atoms with van der Waals surface area (Å²) in [5.41, 5.74) is 17.4. The van der Waals surface area contributed by atoms with E-state index in [9.17, 15) is 0 Å². The Labute approximate surface area is 140 Å². The highest BCUT2D eigenvalue weighted by Crippen LogP contribution is 1.94. The molecule has 2 heterocycles. The SMILES string of the molecule is NC(N)=NCc1ccccn1.NCc1ccccn1.O=S(=O)(O)O. The molecule has 24 heavy (non-hydrogen) atoms. The molecule has 2 rings (SSSR count). The minimum absolute atomic E-state index is 0.0932. The van der Waals surface area contributed by atoms with Gasteiger partial charge in [-0.25, -0.2) is 4.99 Å². The van der Waals surface area contributed by atoms with Crippen molar-refractivity contribution in [2.24, 2.45) is 22.2 Å². The van der Waals surface area contributed by atoms with E-state index in [0.717, 1.165) is 11.4 Å². The fraction of sp³-hybridized carbons (Fsp3) is 0.154. The summed E-state index contributed by atoms with van der Waals surface area (Å²) >= 11 is 0. The molecule has 0 aliphatic carbocycles. The number of hydrogen-bond donors (Lipinski definition) is 5. The number of nitrogens with two attached hydrogens (primary N) is 3. The molecule has 11 heteroatoms. The molecule has 0 aromatic carbocycles. The monoisotopic (exact) mass is 356 g/mol. The Morgan fingerprint density at radius 1 is 1.00 bits per heavy atom. The number of aromatic nitrogens is 2. The van der Waals surface area contributed by atoms with Crippen molar-refractivity contribution in [2.45, 2.75) is 13.1 Å². The number of aliphatic imine (C=N–C) groups is 1. The molecule has 0 atom stereocenters. The molecule has 0 spiro atoms. The van der Waals surface area contributed by atoms with Crippen LogP contribution >= 0.6 is 0 Å². The number of guanidine groups is 1. The van der Waals surface area contributed by atoms with Crippen LogP contribution in [0.2, 0.25) is 0 Å². The van der Waals surface area contributed by atoms with Gasteiger partial charge >= 0.3 is 10.4 Å². The van der Waals surface area contributed by atoms with Crippen LogP contribution in [0.5, 0.6) is 0 Å². The Morgan fingerprint density at radius 3 is 1.75 bits per heavy atom. The number of rotatable bonds is 3. The van der Waals surface area contributed by atoms with Crippen LogP contribution in [0.15, 0.2) is 53.8 Å². The summed E-state index contributed by atoms with van der Waals surface area (Å²) in [4.78, 5) is 11.8. The topological polar surface area (TPSA) is 191 Å². The summed E-state index contributed by atoms with van der Waals surface area (Å²) in [6.45, 7) is 0.976. The quantitative estimate of drug-likeness (QED) is 0.280. The molecule has 2 aromatic rings. The van der Waals surface area contributed by atoms with Crippen LogP contribution in [0, 0.1) is 0 Å². The van der Waals surface area contributed by atoms with E-state index >= 15 is 0 Å². The Balaban J connectivity index is 0.000000358. The molecule has 2 aromatic heterocycles. The maximum absolute atomic E-state index is 8.74. The van der Waals surface area contributed by atoms with Crippen LogP contribution in [0.3, 0.4) is 0 Å². The molecule has 0 aliphatic heterocycles. The lowest BCUT2D eigenvalue weighted by molar-refractivity contribution is 0.381. The van der Waals surface area contributed by atoms with E-state index in [0.29, 0.717) is 13.1 Å². The summed E-state index contributed by atoms with van der Waals surface area (Å²) in [6.07, 6.45) is 3.44. The maximum atomic E-state index is 8.74. The second-order valence-corrected chi connectivity index (χ2v) is 4.93. The van der Waals surface area contributed by atoms with Gasteiger partial charge in [-0.2, -0.15) is 8.42 Å². The highest BCUT2D eigenvalue weighted by molar-refractivity contribution is 7.79. The molecule has 0 aliphatic rings. The van der Waals surface area contributed by atoms with Crippen molar-refractivity contribution in [3.05, 3.63) is 60.2 Å². The molecule has 0 saturated heterocycles. The fourth-order valence-electron chi connectivity index (χ4n) is 1.18. The molecular formula is C13H20N6O4S. The summed E-state index contributed by atoms with van der Waals surface area (Å²) in [5, 5.41) is 0. The van der Waals surface area contributed by atoms with E-state index in [1.807, 2.05) is 36.4 Å². The zero-order valence-electron chi connectivity index (χ0n) is 12.7. The molecule has 0 fully saturated rings. The highest BCUT2D eigenvalue weighted by Gasteiger charge is 1.88. The van der Waals surface area contributed by atoms with Gasteiger partial charge < -0.3 is 17.2 Å². The second-order valence-electron chi connectivity index (χ2n) is 4.04. The van der Waals surface area contributed by atoms with Crippen molar-refractivity contribution in [3.63, 3.8) is 0 Å². The first-order chi connectivity index (χ1) is 11.2. The number of hydrogen-bond acceptors (Lipinski definition) is 6. The van der Waals surface area contributed by atoms with Crippen LogP contribution in [0.25, 0.3) is 0 Å². The largest absolute Gasteiger partial charge is 0.394 e. The Kier molecular flexibility index (Phi) is 10.6. The predicted octanol–water partition coefficient (Wildman–Crippen LogP) is -0.257. The van der Waals surface area contributed by atoms with Gasteiger partial charge in [-0.3, -0.25) is 19.1 Å². The Morgan fingerprint density at radius 2 is 1.46 bits per heavy atom. The van der Waals surface area contributed by atoms with Gasteiger partial charge in [-0.05, 0) is 24.3 Å². The first-order valence-electron chi connectivity index (χ1n) is 6.47. The zero-order valence-corrected chi connectivity index (χ0v) is 13.5. The normalized spacial score (nSPS) is 9.62. The van der Waals surface area contributed by atoms with Crippen molar-refractivity contribution >= 4 is 16.4 Å². The van der Waals surface area contributed by atoms with Crippen LogP contribution in [0.1, 0.15) is 11.4 Å². The molecule has 0 unspecified atom stereocenters. The van der Waals surface area contributed by atoms with E-state index in [1.165, 1.54) is 0 Å². The van der Waals surface area contributed by atoms with Crippen molar-refractivity contribution in [3.8, 4) is 0 Å². The summed E-state index contributed by atoms with van der Waals surface area (Å²) in [7, 11) is -4.67. The summed E-state index contributed by atoms with van der Waals surface area (Å²) in [5.74, 6) is 0.0932. The van der Waals surface area contributed by atoms with Crippen LogP contribution in [0.4, 0.5) is 0 Å². The third kappa shape index (κ3) is 15.8. The summed E-state index contributed by atoms with van der Waals surface area (Å²) < 4.78 is 31.6. The van der Waals surface area contributed by atoms with Crippen molar-refractivity contribution in [2.75, 3.05) is 0 Å². The Hall–Kier alpha value is -2.60. The first-order valence-corrected chi connectivity index (χ1v) is 7.87. The second kappa shape index (κ2) is 11.9. The van der Waals surface area contributed by atoms with E-state index in [4.69, 9.17) is 34.7 Å². The lowest BCUT2D eigenvalue weighted by atomic mass is 10.3. The van der Waals surface area contributed by atoms with Gasteiger partial charge in [0.15, 0.2) is 5.96 Å². The molecule has 132 valence electrons. The maximum Gasteiger partial charge on any atom is 0.394 e. The van der Waals surface area contributed by atoms with Crippen molar-refractivity contribution in [1.29, 1.82) is 0 Å². The minimum atomic E-state index is -4.67. The molecule has 0 saturated carbocycles. The van der Waals surface area contributed by atoms with Gasteiger partial charge in [-0.15, -0.1) is 0 Å². The average Bonchev–Trinajstić information content (AvgIpc) is 2.54. The van der Waals surface area contributed by atoms with E-state index in [-0.39, 0.29) is 5.96 Å². The van der Waals surface area contributed by atoms with E-state index < -0.39 is 10.4 Å². The molecule has 8 N–H and O–H groups in total. The molecule has 10 nitrogen and oxygen atoms in total. The summed E-state index contributed by atoms with van der Waals surface area (Å²) in [6, 6.07) is 11.3. The van der Waals surface area contributed by atoms with Gasteiger partial charge in [-0.1, -0.05) is 12.1 Å². The molecule has 0 radical (unpaired) electrons. The predicted molar refractivity (Wildman–Crippen MR) is 90.1 cm³/mol. The standard InChI is InChI=1S/C7H10N4.C6H8N2.H2O4S/c8-7(9)11-5-6-3-1-2-4-10-6;7-5-6-3-1-2-4-8-6;1-5(2,3)4/h1-4H,5H2,(H4,8,9,11);1-4H,5,7H2;(H2,1,2,3,4). The minimum Gasteiger partial charge on any atom is -0.370 e. The van der Waals surface area contributed by atoms with Gasteiger partial charge in [0.2, 0.25) is 0 Å². The van der Waals surface area contributed by atoms with Crippen LogP contribution in [-0.2, 0) is 23.5 Å². The molecule has 0 bridgehead atoms. The molecule has 0 amide bonds. The van der Waals surface area contributed by atoms with Gasteiger partial charge in [0.1, 0.15) is 0 Å². The lowest BCUT2D eigenvalue weighted by Gasteiger charge is -1.93. The van der Waals surface area contributed by atoms with Gasteiger partial charge in [0, 0.05) is 18.9 Å².